The standard InChI is InChI=1S/C11H21N3O2/c1-7-12-9(14(5)6)8-13-10(15)16-11(2,3)4/h7H,1,8H2,2-6H3,(H,13,15). The van der Waals surface area contributed by atoms with Gasteiger partial charge in [-0.2, -0.15) is 0 Å². The van der Waals surface area contributed by atoms with Crippen LogP contribution in [-0.2, 0) is 4.74 Å². The average molecular weight is 227 g/mol. The summed E-state index contributed by atoms with van der Waals surface area (Å²) in [5.41, 5.74) is -0.488. The number of alkyl carbamates (subject to hydrolysis) is 1. The summed E-state index contributed by atoms with van der Waals surface area (Å²) in [7, 11) is 3.69. The Kier molecular flexibility index (Phi) is 5.56. The molecule has 0 rings (SSSR count). The largest absolute Gasteiger partial charge is 0.444 e. The van der Waals surface area contributed by atoms with Gasteiger partial charge in [0.1, 0.15) is 11.4 Å². The number of amides is 1. The van der Waals surface area contributed by atoms with E-state index in [1.54, 1.807) is 4.90 Å². The monoisotopic (exact) mass is 227 g/mol. The number of amidine groups is 1. The molecule has 0 radical (unpaired) electrons. The summed E-state index contributed by atoms with van der Waals surface area (Å²) in [5, 5.41) is 2.62. The van der Waals surface area contributed by atoms with E-state index in [9.17, 15) is 4.79 Å². The number of likely N-dealkylation sites (N-methyl/N-ethyl adjacent to an activating group) is 1. The molecule has 0 aliphatic carbocycles. The molecule has 0 aliphatic rings. The van der Waals surface area contributed by atoms with Crippen LogP contribution in [0.4, 0.5) is 4.79 Å². The van der Waals surface area contributed by atoms with Crippen LogP contribution in [0.25, 0.3) is 0 Å². The van der Waals surface area contributed by atoms with Crippen LogP contribution in [0, 0.1) is 0 Å². The highest BCUT2D eigenvalue weighted by atomic mass is 16.6. The first kappa shape index (κ1) is 14.5. The normalized spacial score (nSPS) is 11.9. The lowest BCUT2D eigenvalue weighted by molar-refractivity contribution is 0.0535. The minimum absolute atomic E-state index is 0.313. The highest BCUT2D eigenvalue weighted by Crippen LogP contribution is 2.06. The van der Waals surface area contributed by atoms with Crippen LogP contribution in [0.3, 0.4) is 0 Å². The number of rotatable bonds is 3. The van der Waals surface area contributed by atoms with E-state index >= 15 is 0 Å². The zero-order chi connectivity index (χ0) is 12.8. The molecule has 0 aromatic heterocycles. The van der Waals surface area contributed by atoms with Crippen LogP contribution in [0.1, 0.15) is 20.8 Å². The van der Waals surface area contributed by atoms with Crippen molar-refractivity contribution in [3.8, 4) is 0 Å². The smallest absolute Gasteiger partial charge is 0.408 e. The van der Waals surface area contributed by atoms with Gasteiger partial charge in [-0.25, -0.2) is 9.79 Å². The van der Waals surface area contributed by atoms with Crippen molar-refractivity contribution in [3.05, 3.63) is 12.8 Å². The van der Waals surface area contributed by atoms with E-state index in [0.29, 0.717) is 12.4 Å². The second kappa shape index (κ2) is 6.15. The van der Waals surface area contributed by atoms with Crippen molar-refractivity contribution >= 4 is 11.9 Å². The van der Waals surface area contributed by atoms with Gasteiger partial charge in [0.2, 0.25) is 0 Å². The van der Waals surface area contributed by atoms with Crippen molar-refractivity contribution in [2.75, 3.05) is 20.6 Å². The molecule has 1 N–H and O–H groups in total. The third kappa shape index (κ3) is 6.86. The highest BCUT2D eigenvalue weighted by Gasteiger charge is 2.16. The first-order chi connectivity index (χ1) is 7.26. The number of ether oxygens (including phenoxy) is 1. The van der Waals surface area contributed by atoms with Gasteiger partial charge in [0.25, 0.3) is 0 Å². The second-order valence-electron chi connectivity index (χ2n) is 4.48. The summed E-state index contributed by atoms with van der Waals surface area (Å²) < 4.78 is 5.10. The van der Waals surface area contributed by atoms with Gasteiger partial charge in [0, 0.05) is 20.3 Å². The third-order valence-corrected chi connectivity index (χ3v) is 1.55. The first-order valence-electron chi connectivity index (χ1n) is 5.08. The van der Waals surface area contributed by atoms with Gasteiger partial charge in [0.05, 0.1) is 6.54 Å². The molecule has 0 saturated carbocycles. The Morgan fingerprint density at radius 3 is 2.44 bits per heavy atom. The molecule has 16 heavy (non-hydrogen) atoms. The predicted octanol–water partition coefficient (Wildman–Crippen LogP) is 1.61. The van der Waals surface area contributed by atoms with Crippen molar-refractivity contribution in [1.29, 1.82) is 0 Å². The molecular formula is C11H21N3O2. The van der Waals surface area contributed by atoms with Crippen LogP contribution in [0.5, 0.6) is 0 Å². The number of carbonyl (C=O) groups is 1. The summed E-state index contributed by atoms with van der Waals surface area (Å²) in [6, 6.07) is 0. The van der Waals surface area contributed by atoms with Crippen LogP contribution in [0.15, 0.2) is 17.8 Å². The predicted molar refractivity (Wildman–Crippen MR) is 65.6 cm³/mol. The Labute approximate surface area is 97.2 Å². The minimum Gasteiger partial charge on any atom is -0.444 e. The molecule has 0 unspecified atom stereocenters. The fourth-order valence-corrected chi connectivity index (χ4v) is 0.890. The molecule has 0 heterocycles. The average Bonchev–Trinajstić information content (AvgIpc) is 2.08. The van der Waals surface area contributed by atoms with Crippen LogP contribution < -0.4 is 5.32 Å². The fraction of sp³-hybridized carbons (Fsp3) is 0.636. The Balaban J connectivity index is 4.18. The van der Waals surface area contributed by atoms with E-state index in [2.05, 4.69) is 16.9 Å². The molecule has 92 valence electrons. The Bertz CT molecular complexity index is 277. The van der Waals surface area contributed by atoms with Gasteiger partial charge >= 0.3 is 6.09 Å². The fourth-order valence-electron chi connectivity index (χ4n) is 0.890. The van der Waals surface area contributed by atoms with Gasteiger partial charge in [0.15, 0.2) is 0 Å². The van der Waals surface area contributed by atoms with Crippen molar-refractivity contribution in [2.24, 2.45) is 4.99 Å². The third-order valence-electron chi connectivity index (χ3n) is 1.55. The lowest BCUT2D eigenvalue weighted by Crippen LogP contribution is -2.39. The molecule has 0 aromatic carbocycles. The van der Waals surface area contributed by atoms with Crippen LogP contribution in [-0.4, -0.2) is 43.1 Å². The van der Waals surface area contributed by atoms with Gasteiger partial charge in [-0.05, 0) is 20.8 Å². The molecule has 0 aliphatic heterocycles. The zero-order valence-electron chi connectivity index (χ0n) is 10.7. The maximum atomic E-state index is 11.4. The number of nitrogens with one attached hydrogen (secondary N) is 1. The van der Waals surface area contributed by atoms with E-state index < -0.39 is 11.7 Å². The molecule has 0 atom stereocenters. The lowest BCUT2D eigenvalue weighted by atomic mass is 10.2. The number of hydrogen-bond acceptors (Lipinski definition) is 3. The molecule has 0 fully saturated rings. The maximum Gasteiger partial charge on any atom is 0.408 e. The quantitative estimate of drug-likeness (QED) is 0.588. The molecule has 0 aromatic rings. The van der Waals surface area contributed by atoms with Crippen molar-refractivity contribution < 1.29 is 9.53 Å². The molecule has 0 saturated heterocycles. The van der Waals surface area contributed by atoms with Gasteiger partial charge < -0.3 is 15.0 Å². The van der Waals surface area contributed by atoms with Crippen LogP contribution >= 0.6 is 0 Å². The second-order valence-corrected chi connectivity index (χ2v) is 4.48. The Morgan fingerprint density at radius 2 is 2.06 bits per heavy atom. The molecule has 0 bridgehead atoms. The summed E-state index contributed by atoms with van der Waals surface area (Å²) in [6.07, 6.45) is 0.984. The summed E-state index contributed by atoms with van der Waals surface area (Å²) in [6.45, 7) is 9.27. The number of hydrogen-bond donors (Lipinski definition) is 1. The Hall–Kier alpha value is -1.52. The maximum absolute atomic E-state index is 11.4. The van der Waals surface area contributed by atoms with Crippen molar-refractivity contribution in [1.82, 2.24) is 10.2 Å². The number of aliphatic imine (C=N–C) groups is 1. The first-order valence-corrected chi connectivity index (χ1v) is 5.08. The van der Waals surface area contributed by atoms with E-state index in [-0.39, 0.29) is 0 Å². The summed E-state index contributed by atoms with van der Waals surface area (Å²) >= 11 is 0. The topological polar surface area (TPSA) is 53.9 Å². The molecular weight excluding hydrogens is 206 g/mol. The van der Waals surface area contributed by atoms with E-state index in [4.69, 9.17) is 4.74 Å². The van der Waals surface area contributed by atoms with Gasteiger partial charge in [-0.15, -0.1) is 0 Å². The summed E-state index contributed by atoms with van der Waals surface area (Å²) in [5.74, 6) is 0.709. The molecule has 5 heteroatoms. The minimum atomic E-state index is -0.488. The summed E-state index contributed by atoms with van der Waals surface area (Å²) in [4.78, 5) is 17.2. The molecule has 1 amide bonds. The Morgan fingerprint density at radius 1 is 1.50 bits per heavy atom. The van der Waals surface area contributed by atoms with Gasteiger partial charge in [-0.3, -0.25) is 0 Å². The number of carbonyl (C=O) groups excluding carboxylic acids is 1. The van der Waals surface area contributed by atoms with Crippen molar-refractivity contribution in [3.63, 3.8) is 0 Å². The SMILES string of the molecule is C=CN=C(CNC(=O)OC(C)(C)C)N(C)C. The van der Waals surface area contributed by atoms with Crippen molar-refractivity contribution in [2.45, 2.75) is 26.4 Å². The lowest BCUT2D eigenvalue weighted by Gasteiger charge is -2.21. The van der Waals surface area contributed by atoms with Gasteiger partial charge in [-0.1, -0.05) is 6.58 Å². The van der Waals surface area contributed by atoms with E-state index in [1.807, 2.05) is 34.9 Å². The van der Waals surface area contributed by atoms with E-state index in [1.165, 1.54) is 6.20 Å². The highest BCUT2D eigenvalue weighted by molar-refractivity contribution is 5.87. The zero-order valence-corrected chi connectivity index (χ0v) is 10.7. The number of nitrogens with zero attached hydrogens (tertiary/aromatic N) is 2. The molecule has 0 spiro atoms. The van der Waals surface area contributed by atoms with E-state index in [0.717, 1.165) is 0 Å². The molecule has 5 nitrogen and oxygen atoms in total. The van der Waals surface area contributed by atoms with Crippen LogP contribution in [0.2, 0.25) is 0 Å².